The van der Waals surface area contributed by atoms with Gasteiger partial charge in [0.05, 0.1) is 0 Å². The van der Waals surface area contributed by atoms with Crippen LogP contribution in [0.2, 0.25) is 0 Å². The molecule has 0 radical (unpaired) electrons. The number of carbonyl (C=O) groups excluding carboxylic acids is 4. The molecule has 0 atom stereocenters. The fourth-order valence-electron chi connectivity index (χ4n) is 0.922. The average Bonchev–Trinajstić information content (AvgIpc) is 2.44. The summed E-state index contributed by atoms with van der Waals surface area (Å²) < 4.78 is 77.5. The lowest BCUT2D eigenvalue weighted by molar-refractivity contribution is -0.187. The van der Waals surface area contributed by atoms with E-state index in [4.69, 9.17) is 0 Å². The van der Waals surface area contributed by atoms with Gasteiger partial charge in [-0.25, -0.2) is 9.59 Å². The maximum atomic E-state index is 11.7. The van der Waals surface area contributed by atoms with Crippen LogP contribution in [0.5, 0.6) is 0 Å². The molecule has 8 nitrogen and oxygen atoms in total. The zero-order chi connectivity index (χ0) is 19.0. The van der Waals surface area contributed by atoms with Gasteiger partial charge in [-0.2, -0.15) is 26.3 Å². The average molecular weight is 368 g/mol. The van der Waals surface area contributed by atoms with E-state index in [1.165, 1.54) is 0 Å². The van der Waals surface area contributed by atoms with Crippen molar-refractivity contribution in [1.29, 1.82) is 0 Å². The minimum absolute atomic E-state index is 0.516. The van der Waals surface area contributed by atoms with Crippen LogP contribution in [0.4, 0.5) is 26.3 Å². The summed E-state index contributed by atoms with van der Waals surface area (Å²) in [6.45, 7) is -4.97. The first-order chi connectivity index (χ1) is 10.8. The topological polar surface area (TPSA) is 111 Å². The van der Waals surface area contributed by atoms with Crippen molar-refractivity contribution in [2.75, 3.05) is 26.3 Å². The first kappa shape index (κ1) is 21.5. The van der Waals surface area contributed by atoms with E-state index >= 15 is 0 Å². The molecule has 0 aliphatic carbocycles. The summed E-state index contributed by atoms with van der Waals surface area (Å²) in [5, 5.41) is 3.48. The summed E-state index contributed by atoms with van der Waals surface area (Å²) in [5.74, 6) is -6.76. The van der Waals surface area contributed by atoms with Crippen molar-refractivity contribution in [3.8, 4) is 0 Å². The van der Waals surface area contributed by atoms with Crippen LogP contribution in [0, 0.1) is 0 Å². The van der Waals surface area contributed by atoms with Crippen LogP contribution in [-0.2, 0) is 28.7 Å². The van der Waals surface area contributed by atoms with Gasteiger partial charge in [0.15, 0.2) is 13.2 Å². The number of rotatable bonds is 5. The number of nitrogens with one attached hydrogen (secondary N) is 2. The van der Waals surface area contributed by atoms with Crippen molar-refractivity contribution in [3.63, 3.8) is 0 Å². The van der Waals surface area contributed by atoms with E-state index < -0.39 is 62.4 Å². The zero-order valence-corrected chi connectivity index (χ0v) is 11.5. The largest absolute Gasteiger partial charge is 0.449 e. The van der Waals surface area contributed by atoms with Gasteiger partial charge in [0.1, 0.15) is 0 Å². The molecule has 0 aromatic carbocycles. The van der Waals surface area contributed by atoms with Gasteiger partial charge in [-0.1, -0.05) is 0 Å². The summed E-state index contributed by atoms with van der Waals surface area (Å²) in [6.07, 6.45) is -9.64. The smallest absolute Gasteiger partial charge is 0.422 e. The van der Waals surface area contributed by atoms with Crippen LogP contribution < -0.4 is 10.6 Å². The second kappa shape index (κ2) is 8.93. The Morgan fingerprint density at radius 1 is 0.667 bits per heavy atom. The van der Waals surface area contributed by atoms with Gasteiger partial charge in [-0.3, -0.25) is 9.59 Å². The molecule has 14 heteroatoms. The third-order valence-electron chi connectivity index (χ3n) is 1.80. The molecule has 0 aliphatic rings. The van der Waals surface area contributed by atoms with Crippen LogP contribution in [0.3, 0.4) is 0 Å². The molecule has 0 aromatic heterocycles. The minimum atomic E-state index is -4.82. The fourth-order valence-corrected chi connectivity index (χ4v) is 0.922. The van der Waals surface area contributed by atoms with Crippen LogP contribution in [-0.4, -0.2) is 62.4 Å². The van der Waals surface area contributed by atoms with Crippen molar-refractivity contribution in [3.05, 3.63) is 0 Å². The number of alkyl halides is 6. The maximum Gasteiger partial charge on any atom is 0.422 e. The Morgan fingerprint density at radius 2 is 0.958 bits per heavy atom. The Hall–Kier alpha value is -2.54. The van der Waals surface area contributed by atoms with Crippen molar-refractivity contribution in [2.24, 2.45) is 0 Å². The summed E-state index contributed by atoms with van der Waals surface area (Å²) >= 11 is 0. The third kappa shape index (κ3) is 11.1. The molecule has 2 N–H and O–H groups in total. The fraction of sp³-hybridized carbons (Fsp3) is 0.600. The van der Waals surface area contributed by atoms with Gasteiger partial charge in [0, 0.05) is 13.1 Å². The Morgan fingerprint density at radius 3 is 1.21 bits per heavy atom. The second-order valence-corrected chi connectivity index (χ2v) is 3.89. The lowest BCUT2D eigenvalue weighted by Gasteiger charge is -2.09. The van der Waals surface area contributed by atoms with Gasteiger partial charge in [0.2, 0.25) is 0 Å². The molecule has 0 heterocycles. The second-order valence-electron chi connectivity index (χ2n) is 3.89. The summed E-state index contributed by atoms with van der Waals surface area (Å²) in [4.78, 5) is 43.5. The molecule has 138 valence electrons. The Balaban J connectivity index is 3.95. The van der Waals surface area contributed by atoms with E-state index in [1.54, 1.807) is 10.6 Å². The molecule has 0 unspecified atom stereocenters. The summed E-state index contributed by atoms with van der Waals surface area (Å²) in [7, 11) is 0. The van der Waals surface area contributed by atoms with Crippen LogP contribution in [0.25, 0.3) is 0 Å². The van der Waals surface area contributed by atoms with Crippen molar-refractivity contribution >= 4 is 23.8 Å². The predicted molar refractivity (Wildman–Crippen MR) is 60.0 cm³/mol. The molecule has 0 fully saturated rings. The van der Waals surface area contributed by atoms with E-state index in [0.29, 0.717) is 0 Å². The van der Waals surface area contributed by atoms with E-state index in [1.807, 2.05) is 0 Å². The quantitative estimate of drug-likeness (QED) is 0.291. The van der Waals surface area contributed by atoms with Gasteiger partial charge >= 0.3 is 36.1 Å². The van der Waals surface area contributed by atoms with Gasteiger partial charge in [0.25, 0.3) is 0 Å². The first-order valence-electron chi connectivity index (χ1n) is 5.85. The standard InChI is InChI=1S/C10H10F6N2O6/c11-9(12,13)3-23-7(21)5(19)17-1-2-18-6(20)8(22)24-4-10(14,15)16/h1-4H2,(H,17,19)(H,18,20). The van der Waals surface area contributed by atoms with E-state index in [9.17, 15) is 45.5 Å². The summed E-state index contributed by atoms with van der Waals surface area (Å²) in [6, 6.07) is 0. The molecule has 0 rings (SSSR count). The molecule has 0 saturated heterocycles. The van der Waals surface area contributed by atoms with Crippen molar-refractivity contribution in [2.45, 2.75) is 12.4 Å². The van der Waals surface area contributed by atoms with E-state index in [-0.39, 0.29) is 0 Å². The minimum Gasteiger partial charge on any atom is -0.449 e. The number of esters is 2. The highest BCUT2D eigenvalue weighted by Gasteiger charge is 2.32. The number of hydrogen-bond acceptors (Lipinski definition) is 6. The molecule has 2 amide bonds. The molecular formula is C10H10F6N2O6. The highest BCUT2D eigenvalue weighted by molar-refractivity contribution is 6.33. The van der Waals surface area contributed by atoms with Gasteiger partial charge < -0.3 is 20.1 Å². The van der Waals surface area contributed by atoms with E-state index in [2.05, 4.69) is 9.47 Å². The normalized spacial score (nSPS) is 11.4. The lowest BCUT2D eigenvalue weighted by atomic mass is 10.5. The molecular weight excluding hydrogens is 358 g/mol. The molecule has 0 aliphatic heterocycles. The predicted octanol–water partition coefficient (Wildman–Crippen LogP) is -0.570. The molecule has 0 spiro atoms. The summed E-state index contributed by atoms with van der Waals surface area (Å²) in [5.41, 5.74) is 0. The van der Waals surface area contributed by atoms with Gasteiger partial charge in [-0.15, -0.1) is 0 Å². The highest BCUT2D eigenvalue weighted by Crippen LogP contribution is 2.14. The first-order valence-corrected chi connectivity index (χ1v) is 5.85. The van der Waals surface area contributed by atoms with Crippen molar-refractivity contribution in [1.82, 2.24) is 10.6 Å². The Kier molecular flexibility index (Phi) is 7.98. The number of hydrogen-bond donors (Lipinski definition) is 2. The maximum absolute atomic E-state index is 11.7. The number of amides is 2. The SMILES string of the molecule is O=C(NCCNC(=O)C(=O)OCC(F)(F)F)C(=O)OCC(F)(F)F. The molecule has 0 saturated carbocycles. The number of ether oxygens (including phenoxy) is 2. The van der Waals surface area contributed by atoms with Crippen LogP contribution in [0.15, 0.2) is 0 Å². The lowest BCUT2D eigenvalue weighted by Crippen LogP contribution is -2.41. The molecule has 0 bridgehead atoms. The molecule has 24 heavy (non-hydrogen) atoms. The van der Waals surface area contributed by atoms with Crippen LogP contribution >= 0.6 is 0 Å². The number of carbonyl (C=O) groups is 4. The number of halogens is 6. The highest BCUT2D eigenvalue weighted by atomic mass is 19.4. The Labute approximate surface area is 129 Å². The zero-order valence-electron chi connectivity index (χ0n) is 11.5. The third-order valence-corrected chi connectivity index (χ3v) is 1.80. The van der Waals surface area contributed by atoms with Crippen molar-refractivity contribution < 1.29 is 55.0 Å². The monoisotopic (exact) mass is 368 g/mol. The van der Waals surface area contributed by atoms with Crippen LogP contribution in [0.1, 0.15) is 0 Å². The molecule has 0 aromatic rings. The van der Waals surface area contributed by atoms with E-state index in [0.717, 1.165) is 0 Å². The Bertz CT molecular complexity index is 445. The van der Waals surface area contributed by atoms with Gasteiger partial charge in [-0.05, 0) is 0 Å².